The lowest BCUT2D eigenvalue weighted by Gasteiger charge is -2.31. The standard InChI is InChI=1S/C10H17F3N4O2.2ClH/c1-7(17-4-2-14-3-5-17)8(18)16-9(19)15-6-10(11,12)13;;/h7,14H,2-6H2,1H3,(H2,15,16,18,19);2*1H. The van der Waals surface area contributed by atoms with E-state index in [0.29, 0.717) is 13.1 Å². The van der Waals surface area contributed by atoms with Crippen LogP contribution in [-0.2, 0) is 4.79 Å². The van der Waals surface area contributed by atoms with Gasteiger partial charge < -0.3 is 10.6 Å². The largest absolute Gasteiger partial charge is 0.405 e. The Morgan fingerprint density at radius 1 is 1.24 bits per heavy atom. The van der Waals surface area contributed by atoms with E-state index in [4.69, 9.17) is 0 Å². The Labute approximate surface area is 133 Å². The molecule has 1 aliphatic heterocycles. The Balaban J connectivity index is 0. The second-order valence-electron chi connectivity index (χ2n) is 4.25. The highest BCUT2D eigenvalue weighted by atomic mass is 35.5. The van der Waals surface area contributed by atoms with E-state index in [1.807, 2.05) is 10.2 Å². The van der Waals surface area contributed by atoms with Gasteiger partial charge in [-0.3, -0.25) is 15.0 Å². The maximum atomic E-state index is 11.9. The van der Waals surface area contributed by atoms with E-state index in [9.17, 15) is 22.8 Å². The molecule has 0 spiro atoms. The van der Waals surface area contributed by atoms with Gasteiger partial charge in [0.25, 0.3) is 0 Å². The minimum Gasteiger partial charge on any atom is -0.329 e. The number of alkyl halides is 3. The quantitative estimate of drug-likeness (QED) is 0.690. The maximum Gasteiger partial charge on any atom is 0.405 e. The Morgan fingerprint density at radius 3 is 2.24 bits per heavy atom. The average Bonchev–Trinajstić information content (AvgIpc) is 2.35. The van der Waals surface area contributed by atoms with Gasteiger partial charge in [-0.1, -0.05) is 0 Å². The van der Waals surface area contributed by atoms with Gasteiger partial charge in [-0.25, -0.2) is 4.79 Å². The zero-order chi connectivity index (χ0) is 14.5. The van der Waals surface area contributed by atoms with Crippen molar-refractivity contribution in [2.75, 3.05) is 32.7 Å². The number of amides is 3. The fourth-order valence-electron chi connectivity index (χ4n) is 1.68. The van der Waals surface area contributed by atoms with Crippen LogP contribution >= 0.6 is 24.8 Å². The van der Waals surface area contributed by atoms with Crippen molar-refractivity contribution in [2.24, 2.45) is 0 Å². The highest BCUT2D eigenvalue weighted by molar-refractivity contribution is 5.96. The Hall–Kier alpha value is -0.770. The van der Waals surface area contributed by atoms with Crippen molar-refractivity contribution in [2.45, 2.75) is 19.1 Å². The first-order chi connectivity index (χ1) is 8.79. The summed E-state index contributed by atoms with van der Waals surface area (Å²) in [5.41, 5.74) is 0. The third-order valence-corrected chi connectivity index (χ3v) is 2.76. The van der Waals surface area contributed by atoms with Gasteiger partial charge in [0.2, 0.25) is 5.91 Å². The van der Waals surface area contributed by atoms with Crippen LogP contribution in [0, 0.1) is 0 Å². The van der Waals surface area contributed by atoms with Crippen LogP contribution in [0.5, 0.6) is 0 Å². The fraction of sp³-hybridized carbons (Fsp3) is 0.800. The summed E-state index contributed by atoms with van der Waals surface area (Å²) in [4.78, 5) is 24.6. The maximum absolute atomic E-state index is 11.9. The van der Waals surface area contributed by atoms with E-state index in [0.717, 1.165) is 13.1 Å². The normalized spacial score (nSPS) is 17.0. The molecule has 1 rings (SSSR count). The van der Waals surface area contributed by atoms with Crippen LogP contribution in [0.25, 0.3) is 0 Å². The number of halogens is 5. The van der Waals surface area contributed by atoms with Crippen LogP contribution in [-0.4, -0.2) is 61.8 Å². The number of nitrogens with one attached hydrogen (secondary N) is 3. The zero-order valence-electron chi connectivity index (χ0n) is 11.3. The highest BCUT2D eigenvalue weighted by Gasteiger charge is 2.29. The number of imide groups is 1. The van der Waals surface area contributed by atoms with Crippen LogP contribution in [0.2, 0.25) is 0 Å². The summed E-state index contributed by atoms with van der Waals surface area (Å²) >= 11 is 0. The topological polar surface area (TPSA) is 73.5 Å². The van der Waals surface area contributed by atoms with Crippen LogP contribution < -0.4 is 16.0 Å². The van der Waals surface area contributed by atoms with E-state index >= 15 is 0 Å². The van der Waals surface area contributed by atoms with E-state index in [-0.39, 0.29) is 24.8 Å². The molecule has 6 nitrogen and oxygen atoms in total. The highest BCUT2D eigenvalue weighted by Crippen LogP contribution is 2.11. The molecule has 1 heterocycles. The summed E-state index contributed by atoms with van der Waals surface area (Å²) in [6.07, 6.45) is -4.50. The third-order valence-electron chi connectivity index (χ3n) is 2.76. The SMILES string of the molecule is CC(C(=O)NC(=O)NCC(F)(F)F)N1CCNCC1.Cl.Cl. The summed E-state index contributed by atoms with van der Waals surface area (Å²) < 4.78 is 35.6. The molecule has 21 heavy (non-hydrogen) atoms. The minimum absolute atomic E-state index is 0. The van der Waals surface area contributed by atoms with Gasteiger partial charge in [-0.05, 0) is 6.92 Å². The van der Waals surface area contributed by atoms with Gasteiger partial charge in [0.05, 0.1) is 6.04 Å². The van der Waals surface area contributed by atoms with Gasteiger partial charge in [0, 0.05) is 26.2 Å². The molecule has 3 N–H and O–H groups in total. The van der Waals surface area contributed by atoms with Crippen molar-refractivity contribution in [3.63, 3.8) is 0 Å². The van der Waals surface area contributed by atoms with Crippen LogP contribution in [0.1, 0.15) is 6.92 Å². The van der Waals surface area contributed by atoms with E-state index in [1.165, 1.54) is 0 Å². The molecule has 1 unspecified atom stereocenters. The van der Waals surface area contributed by atoms with E-state index in [1.54, 1.807) is 12.2 Å². The van der Waals surface area contributed by atoms with Crippen molar-refractivity contribution >= 4 is 36.8 Å². The molecule has 11 heteroatoms. The summed E-state index contributed by atoms with van der Waals surface area (Å²) in [6, 6.07) is -1.69. The predicted octanol–water partition coefficient (Wildman–Crippen LogP) is 0.512. The molecule has 1 aliphatic rings. The Bertz CT molecular complexity index is 339. The van der Waals surface area contributed by atoms with Crippen molar-refractivity contribution < 1.29 is 22.8 Å². The molecule has 1 saturated heterocycles. The van der Waals surface area contributed by atoms with Gasteiger partial charge in [-0.15, -0.1) is 24.8 Å². The van der Waals surface area contributed by atoms with Crippen LogP contribution in [0.15, 0.2) is 0 Å². The monoisotopic (exact) mass is 354 g/mol. The number of rotatable bonds is 3. The Kier molecular flexibility index (Phi) is 10.8. The molecular formula is C10H19Cl2F3N4O2. The molecule has 0 radical (unpaired) electrons. The van der Waals surface area contributed by atoms with Crippen molar-refractivity contribution in [1.29, 1.82) is 0 Å². The lowest BCUT2D eigenvalue weighted by Crippen LogP contribution is -2.55. The fourth-order valence-corrected chi connectivity index (χ4v) is 1.68. The molecule has 0 aliphatic carbocycles. The molecule has 3 amide bonds. The summed E-state index contributed by atoms with van der Waals surface area (Å²) in [7, 11) is 0. The summed E-state index contributed by atoms with van der Waals surface area (Å²) in [5.74, 6) is -0.610. The first-order valence-electron chi connectivity index (χ1n) is 5.90. The molecule has 0 aromatic carbocycles. The number of hydrogen-bond donors (Lipinski definition) is 3. The molecule has 1 fully saturated rings. The van der Waals surface area contributed by atoms with Crippen LogP contribution in [0.4, 0.5) is 18.0 Å². The molecule has 126 valence electrons. The van der Waals surface area contributed by atoms with Gasteiger partial charge in [-0.2, -0.15) is 13.2 Å². The molecule has 0 bridgehead atoms. The number of carbonyl (C=O) groups is 2. The van der Waals surface area contributed by atoms with Gasteiger partial charge in [0.1, 0.15) is 6.54 Å². The first-order valence-corrected chi connectivity index (χ1v) is 5.90. The van der Waals surface area contributed by atoms with Crippen molar-refractivity contribution in [1.82, 2.24) is 20.9 Å². The van der Waals surface area contributed by atoms with Gasteiger partial charge in [0.15, 0.2) is 0 Å². The molecule has 0 saturated carbocycles. The Morgan fingerprint density at radius 2 is 1.76 bits per heavy atom. The van der Waals surface area contributed by atoms with Gasteiger partial charge >= 0.3 is 12.2 Å². The second-order valence-corrected chi connectivity index (χ2v) is 4.25. The molecule has 1 atom stereocenters. The first kappa shape index (κ1) is 22.5. The van der Waals surface area contributed by atoms with E-state index in [2.05, 4.69) is 5.32 Å². The zero-order valence-corrected chi connectivity index (χ0v) is 13.0. The number of hydrogen-bond acceptors (Lipinski definition) is 4. The molecule has 0 aromatic rings. The van der Waals surface area contributed by atoms with Crippen LogP contribution in [0.3, 0.4) is 0 Å². The lowest BCUT2D eigenvalue weighted by molar-refractivity contribution is -0.127. The summed E-state index contributed by atoms with van der Waals surface area (Å²) in [6.45, 7) is 2.92. The number of urea groups is 1. The smallest absolute Gasteiger partial charge is 0.329 e. The average molecular weight is 355 g/mol. The predicted molar refractivity (Wildman–Crippen MR) is 76.0 cm³/mol. The third kappa shape index (κ3) is 8.97. The second kappa shape index (κ2) is 10.0. The minimum atomic E-state index is -4.50. The van der Waals surface area contributed by atoms with Crippen molar-refractivity contribution in [3.8, 4) is 0 Å². The lowest BCUT2D eigenvalue weighted by atomic mass is 10.2. The van der Waals surface area contributed by atoms with Crippen molar-refractivity contribution in [3.05, 3.63) is 0 Å². The van der Waals surface area contributed by atoms with E-state index < -0.39 is 30.7 Å². The summed E-state index contributed by atoms with van der Waals surface area (Å²) in [5, 5.41) is 6.59. The number of piperazine rings is 1. The number of nitrogens with zero attached hydrogens (tertiary/aromatic N) is 1. The molecular weight excluding hydrogens is 336 g/mol. The molecule has 0 aromatic heterocycles. The number of carbonyl (C=O) groups excluding carboxylic acids is 2.